The second-order valence-corrected chi connectivity index (χ2v) is 7.72. The van der Waals surface area contributed by atoms with E-state index in [0.717, 1.165) is 38.1 Å². The number of rotatable bonds is 7. The van der Waals surface area contributed by atoms with Gasteiger partial charge in [0.05, 0.1) is 6.42 Å². The first kappa shape index (κ1) is 14.9. The molecule has 21 heavy (non-hydrogen) atoms. The van der Waals surface area contributed by atoms with E-state index >= 15 is 0 Å². The predicted molar refractivity (Wildman–Crippen MR) is 79.8 cm³/mol. The molecule has 1 amide bonds. The van der Waals surface area contributed by atoms with Crippen molar-refractivity contribution in [3.05, 3.63) is 0 Å². The fraction of sp³-hybridized carbons (Fsp3) is 0.882. The van der Waals surface area contributed by atoms with E-state index in [2.05, 4.69) is 5.32 Å². The molecule has 0 spiro atoms. The van der Waals surface area contributed by atoms with Crippen molar-refractivity contribution in [3.63, 3.8) is 0 Å². The van der Waals surface area contributed by atoms with Gasteiger partial charge in [-0.1, -0.05) is 19.3 Å². The van der Waals surface area contributed by atoms with Crippen molar-refractivity contribution in [1.82, 2.24) is 5.32 Å². The average molecular weight is 293 g/mol. The van der Waals surface area contributed by atoms with Gasteiger partial charge in [-0.2, -0.15) is 0 Å². The summed E-state index contributed by atoms with van der Waals surface area (Å²) in [5.41, 5.74) is 0.132. The molecule has 0 unspecified atom stereocenters. The molecule has 0 aromatic rings. The van der Waals surface area contributed by atoms with Gasteiger partial charge < -0.3 is 10.4 Å². The van der Waals surface area contributed by atoms with Crippen molar-refractivity contribution >= 4 is 11.9 Å². The molecule has 0 aromatic heterocycles. The number of amides is 1. The van der Waals surface area contributed by atoms with Crippen LogP contribution in [0.1, 0.15) is 70.6 Å². The summed E-state index contributed by atoms with van der Waals surface area (Å²) < 4.78 is 0. The molecular formula is C17H27NO3. The van der Waals surface area contributed by atoms with Crippen LogP contribution in [0.4, 0.5) is 0 Å². The average Bonchev–Trinajstić information content (AvgIpc) is 3.28. The molecule has 0 radical (unpaired) electrons. The maximum absolute atomic E-state index is 12.3. The zero-order chi connectivity index (χ0) is 14.9. The van der Waals surface area contributed by atoms with Crippen LogP contribution in [0.25, 0.3) is 0 Å². The SMILES string of the molecule is O=C(O)CC1(CC(=O)NCC2(C3CC3)CC2)CCCCC1. The summed E-state index contributed by atoms with van der Waals surface area (Å²) in [6.45, 7) is 0.819. The Bertz CT molecular complexity index is 418. The normalized spacial score (nSPS) is 26.1. The van der Waals surface area contributed by atoms with E-state index in [-0.39, 0.29) is 17.7 Å². The number of carbonyl (C=O) groups is 2. The minimum atomic E-state index is -0.763. The van der Waals surface area contributed by atoms with Gasteiger partial charge in [0.25, 0.3) is 0 Å². The monoisotopic (exact) mass is 293 g/mol. The third-order valence-corrected chi connectivity index (χ3v) is 5.95. The van der Waals surface area contributed by atoms with Crippen LogP contribution in [0.3, 0.4) is 0 Å². The highest BCUT2D eigenvalue weighted by molar-refractivity contribution is 5.78. The van der Waals surface area contributed by atoms with E-state index in [1.165, 1.54) is 32.1 Å². The van der Waals surface area contributed by atoms with Crippen LogP contribution in [-0.2, 0) is 9.59 Å². The number of hydrogen-bond donors (Lipinski definition) is 2. The van der Waals surface area contributed by atoms with E-state index in [0.29, 0.717) is 11.8 Å². The summed E-state index contributed by atoms with van der Waals surface area (Å²) in [5, 5.41) is 12.3. The van der Waals surface area contributed by atoms with Crippen LogP contribution in [0.2, 0.25) is 0 Å². The minimum Gasteiger partial charge on any atom is -0.481 e. The zero-order valence-corrected chi connectivity index (χ0v) is 12.8. The van der Waals surface area contributed by atoms with Gasteiger partial charge in [-0.15, -0.1) is 0 Å². The Morgan fingerprint density at radius 1 is 1.00 bits per heavy atom. The Balaban J connectivity index is 1.52. The summed E-state index contributed by atoms with van der Waals surface area (Å²) in [5.74, 6) is 0.159. The largest absolute Gasteiger partial charge is 0.481 e. The Labute approximate surface area is 126 Å². The third-order valence-electron chi connectivity index (χ3n) is 5.95. The molecule has 0 aliphatic heterocycles. The van der Waals surface area contributed by atoms with E-state index in [1.807, 2.05) is 0 Å². The maximum Gasteiger partial charge on any atom is 0.303 e. The molecule has 0 saturated heterocycles. The molecule has 3 fully saturated rings. The first-order valence-electron chi connectivity index (χ1n) is 8.52. The highest BCUT2D eigenvalue weighted by atomic mass is 16.4. The summed E-state index contributed by atoms with van der Waals surface area (Å²) in [6, 6.07) is 0. The summed E-state index contributed by atoms with van der Waals surface area (Å²) in [4.78, 5) is 23.5. The maximum atomic E-state index is 12.3. The molecule has 0 bridgehead atoms. The van der Waals surface area contributed by atoms with Gasteiger partial charge >= 0.3 is 5.97 Å². The molecule has 0 aromatic carbocycles. The molecule has 3 rings (SSSR count). The lowest BCUT2D eigenvalue weighted by Crippen LogP contribution is -2.37. The van der Waals surface area contributed by atoms with E-state index < -0.39 is 5.97 Å². The lowest BCUT2D eigenvalue weighted by molar-refractivity contribution is -0.141. The molecule has 2 N–H and O–H groups in total. The molecular weight excluding hydrogens is 266 g/mol. The number of carboxylic acids is 1. The van der Waals surface area contributed by atoms with Gasteiger partial charge in [0.2, 0.25) is 5.91 Å². The molecule has 4 nitrogen and oxygen atoms in total. The van der Waals surface area contributed by atoms with Crippen LogP contribution < -0.4 is 5.32 Å². The zero-order valence-electron chi connectivity index (χ0n) is 12.8. The third kappa shape index (κ3) is 3.58. The number of carboxylic acid groups (broad SMARTS) is 1. The van der Waals surface area contributed by atoms with Crippen molar-refractivity contribution in [2.45, 2.75) is 70.6 Å². The predicted octanol–water partition coefficient (Wildman–Crippen LogP) is 3.11. The Kier molecular flexibility index (Phi) is 3.98. The number of hydrogen-bond acceptors (Lipinski definition) is 2. The van der Waals surface area contributed by atoms with Gasteiger partial charge in [-0.05, 0) is 55.3 Å². The van der Waals surface area contributed by atoms with Crippen molar-refractivity contribution in [2.24, 2.45) is 16.7 Å². The van der Waals surface area contributed by atoms with E-state index in [1.54, 1.807) is 0 Å². The van der Waals surface area contributed by atoms with Gasteiger partial charge in [0, 0.05) is 13.0 Å². The minimum absolute atomic E-state index is 0.0741. The van der Waals surface area contributed by atoms with Gasteiger partial charge in [-0.25, -0.2) is 0 Å². The Hall–Kier alpha value is -1.06. The number of carbonyl (C=O) groups excluding carboxylic acids is 1. The first-order valence-corrected chi connectivity index (χ1v) is 8.52. The molecule has 118 valence electrons. The van der Waals surface area contributed by atoms with Gasteiger partial charge in [0.1, 0.15) is 0 Å². The first-order chi connectivity index (χ1) is 10.0. The lowest BCUT2D eigenvalue weighted by Gasteiger charge is -2.35. The summed E-state index contributed by atoms with van der Waals surface area (Å²) in [7, 11) is 0. The van der Waals surface area contributed by atoms with Crippen LogP contribution >= 0.6 is 0 Å². The fourth-order valence-corrected chi connectivity index (χ4v) is 4.30. The van der Waals surface area contributed by atoms with Gasteiger partial charge in [0.15, 0.2) is 0 Å². The van der Waals surface area contributed by atoms with E-state index in [4.69, 9.17) is 5.11 Å². The Morgan fingerprint density at radius 3 is 2.19 bits per heavy atom. The Morgan fingerprint density at radius 2 is 1.67 bits per heavy atom. The standard InChI is InChI=1S/C17H27NO3/c19-14(18-12-17(8-9-17)13-4-5-13)10-16(11-15(20)21)6-2-1-3-7-16/h13H,1-12H2,(H,18,19)(H,20,21). The highest BCUT2D eigenvalue weighted by Crippen LogP contribution is 2.60. The molecule has 4 heteroatoms. The molecule has 3 aliphatic rings. The molecule has 3 saturated carbocycles. The lowest BCUT2D eigenvalue weighted by atomic mass is 9.69. The van der Waals surface area contributed by atoms with Crippen LogP contribution in [0.15, 0.2) is 0 Å². The molecule has 0 heterocycles. The fourth-order valence-electron chi connectivity index (χ4n) is 4.30. The van der Waals surface area contributed by atoms with Crippen molar-refractivity contribution < 1.29 is 14.7 Å². The topological polar surface area (TPSA) is 66.4 Å². The summed E-state index contributed by atoms with van der Waals surface area (Å²) in [6.07, 6.45) is 10.8. The smallest absolute Gasteiger partial charge is 0.303 e. The van der Waals surface area contributed by atoms with Crippen molar-refractivity contribution in [2.75, 3.05) is 6.54 Å². The second kappa shape index (κ2) is 5.62. The van der Waals surface area contributed by atoms with Crippen LogP contribution in [0.5, 0.6) is 0 Å². The van der Waals surface area contributed by atoms with Crippen molar-refractivity contribution in [3.8, 4) is 0 Å². The van der Waals surface area contributed by atoms with Gasteiger partial charge in [-0.3, -0.25) is 9.59 Å². The van der Waals surface area contributed by atoms with E-state index in [9.17, 15) is 9.59 Å². The van der Waals surface area contributed by atoms with Crippen LogP contribution in [-0.4, -0.2) is 23.5 Å². The highest BCUT2D eigenvalue weighted by Gasteiger charge is 2.53. The molecule has 3 aliphatic carbocycles. The molecule has 0 atom stereocenters. The number of nitrogens with one attached hydrogen (secondary N) is 1. The van der Waals surface area contributed by atoms with Crippen LogP contribution in [0, 0.1) is 16.7 Å². The quantitative estimate of drug-likeness (QED) is 0.758. The van der Waals surface area contributed by atoms with Crippen molar-refractivity contribution in [1.29, 1.82) is 0 Å². The summed E-state index contributed by atoms with van der Waals surface area (Å²) >= 11 is 0. The second-order valence-electron chi connectivity index (χ2n) is 7.72. The number of aliphatic carboxylic acids is 1.